The van der Waals surface area contributed by atoms with Crippen molar-refractivity contribution >= 4 is 23.7 Å². The van der Waals surface area contributed by atoms with E-state index in [0.717, 1.165) is 0 Å². The average molecular weight is 539 g/mol. The second kappa shape index (κ2) is 17.3. The number of carbonyl (C=O) groups is 4. The molecule has 3 amide bonds. The van der Waals surface area contributed by atoms with Gasteiger partial charge in [-0.1, -0.05) is 18.6 Å². The molecule has 0 saturated carbocycles. The summed E-state index contributed by atoms with van der Waals surface area (Å²) in [5.74, 6) is -3.49. The molecule has 13 heteroatoms. The third kappa shape index (κ3) is 11.9. The number of aliphatic hydroxyl groups is 1. The Morgan fingerprint density at radius 1 is 0.816 bits per heavy atom. The number of aliphatic carboxylic acids is 1. The van der Waals surface area contributed by atoms with Crippen LogP contribution in [0, 0.1) is 0 Å². The van der Waals surface area contributed by atoms with E-state index in [-0.39, 0.29) is 18.6 Å². The molecule has 0 radical (unpaired) electrons. The third-order valence-electron chi connectivity index (χ3n) is 5.94. The summed E-state index contributed by atoms with van der Waals surface area (Å²) in [5.41, 5.74) is 17.4. The van der Waals surface area contributed by atoms with Gasteiger partial charge in [0.05, 0.1) is 12.1 Å². The van der Waals surface area contributed by atoms with Crippen LogP contribution < -0.4 is 33.2 Å². The molecule has 0 aliphatic heterocycles. The molecule has 38 heavy (non-hydrogen) atoms. The van der Waals surface area contributed by atoms with Crippen LogP contribution in [-0.2, 0) is 25.6 Å². The van der Waals surface area contributed by atoms with Gasteiger partial charge < -0.3 is 48.5 Å². The van der Waals surface area contributed by atoms with Crippen LogP contribution in [0.25, 0.3) is 0 Å². The molecular weight excluding hydrogens is 496 g/mol. The molecule has 0 spiro atoms. The normalized spacial score (nSPS) is 15.0. The molecule has 0 aliphatic rings. The molecule has 0 heterocycles. The number of carboxylic acids is 1. The summed E-state index contributed by atoms with van der Waals surface area (Å²) >= 11 is 0. The lowest BCUT2D eigenvalue weighted by Crippen LogP contribution is -2.60. The zero-order valence-corrected chi connectivity index (χ0v) is 21.8. The van der Waals surface area contributed by atoms with E-state index in [1.807, 2.05) is 0 Å². The number of nitrogens with one attached hydrogen (secondary N) is 3. The van der Waals surface area contributed by atoms with E-state index in [1.165, 1.54) is 19.1 Å². The standard InChI is InChI=1S/C25H42N6O7/c1-15(32)21(31-22(34)18(28)6-2-4-12-26)24(36)30-20(14-16-8-10-17(33)11-9-16)23(35)29-19(25(37)38)7-3-5-13-27/h8-11,15,18-21,32-33H,2-7,12-14,26-28H2,1H3,(H,29,35)(H,30,36)(H,31,34)(H,37,38). The summed E-state index contributed by atoms with van der Waals surface area (Å²) in [6.07, 6.45) is 1.46. The van der Waals surface area contributed by atoms with Crippen LogP contribution >= 0.6 is 0 Å². The fourth-order valence-electron chi connectivity index (χ4n) is 3.67. The van der Waals surface area contributed by atoms with E-state index in [1.54, 1.807) is 12.1 Å². The predicted octanol–water partition coefficient (Wildman–Crippen LogP) is -1.56. The number of hydrogen-bond donors (Lipinski definition) is 9. The van der Waals surface area contributed by atoms with Crippen molar-refractivity contribution in [2.75, 3.05) is 13.1 Å². The number of nitrogens with two attached hydrogens (primary N) is 3. The van der Waals surface area contributed by atoms with Crippen LogP contribution in [-0.4, -0.2) is 82.4 Å². The molecule has 214 valence electrons. The van der Waals surface area contributed by atoms with Gasteiger partial charge in [0.2, 0.25) is 17.7 Å². The summed E-state index contributed by atoms with van der Waals surface area (Å²) in [5, 5.41) is 36.7. The Kier molecular flexibility index (Phi) is 14.9. The Balaban J connectivity index is 3.05. The Morgan fingerprint density at radius 2 is 1.37 bits per heavy atom. The first kappa shape index (κ1) is 32.8. The van der Waals surface area contributed by atoms with E-state index < -0.39 is 54.0 Å². The number of phenolic OH excluding ortho intramolecular Hbond substituents is 1. The zero-order chi connectivity index (χ0) is 28.7. The highest BCUT2D eigenvalue weighted by atomic mass is 16.4. The predicted molar refractivity (Wildman–Crippen MR) is 141 cm³/mol. The number of unbranched alkanes of at least 4 members (excludes halogenated alkanes) is 2. The lowest BCUT2D eigenvalue weighted by molar-refractivity contribution is -0.142. The van der Waals surface area contributed by atoms with Crippen molar-refractivity contribution in [3.63, 3.8) is 0 Å². The van der Waals surface area contributed by atoms with Crippen LogP contribution in [0.1, 0.15) is 51.0 Å². The van der Waals surface area contributed by atoms with Crippen molar-refractivity contribution in [2.45, 2.75) is 82.1 Å². The molecular formula is C25H42N6O7. The van der Waals surface area contributed by atoms with E-state index in [2.05, 4.69) is 16.0 Å². The van der Waals surface area contributed by atoms with Crippen molar-refractivity contribution in [2.24, 2.45) is 17.2 Å². The molecule has 0 saturated heterocycles. The van der Waals surface area contributed by atoms with E-state index >= 15 is 0 Å². The van der Waals surface area contributed by atoms with Crippen LogP contribution in [0.5, 0.6) is 5.75 Å². The van der Waals surface area contributed by atoms with E-state index in [0.29, 0.717) is 50.8 Å². The van der Waals surface area contributed by atoms with Crippen molar-refractivity contribution in [3.8, 4) is 5.75 Å². The Morgan fingerprint density at radius 3 is 1.89 bits per heavy atom. The van der Waals surface area contributed by atoms with Gasteiger partial charge in [0.1, 0.15) is 23.9 Å². The molecule has 1 aromatic carbocycles. The number of rotatable bonds is 18. The van der Waals surface area contributed by atoms with Crippen LogP contribution in [0.2, 0.25) is 0 Å². The van der Waals surface area contributed by atoms with Crippen molar-refractivity contribution in [3.05, 3.63) is 29.8 Å². The number of aliphatic hydroxyl groups excluding tert-OH is 1. The summed E-state index contributed by atoms with van der Waals surface area (Å²) in [4.78, 5) is 50.4. The summed E-state index contributed by atoms with van der Waals surface area (Å²) in [6.45, 7) is 2.13. The quantitative estimate of drug-likeness (QED) is 0.0973. The summed E-state index contributed by atoms with van der Waals surface area (Å²) in [6, 6.07) is 1.12. The molecule has 0 bridgehead atoms. The molecule has 13 nitrogen and oxygen atoms in total. The molecule has 0 fully saturated rings. The van der Waals surface area contributed by atoms with Gasteiger partial charge in [-0.3, -0.25) is 14.4 Å². The maximum Gasteiger partial charge on any atom is 0.326 e. The molecule has 0 aliphatic carbocycles. The highest BCUT2D eigenvalue weighted by Gasteiger charge is 2.32. The van der Waals surface area contributed by atoms with Gasteiger partial charge in [-0.2, -0.15) is 0 Å². The van der Waals surface area contributed by atoms with Crippen molar-refractivity contribution < 1.29 is 34.5 Å². The second-order valence-corrected chi connectivity index (χ2v) is 9.23. The Labute approximate surface area is 222 Å². The van der Waals surface area contributed by atoms with Gasteiger partial charge >= 0.3 is 5.97 Å². The van der Waals surface area contributed by atoms with Gasteiger partial charge in [-0.25, -0.2) is 4.79 Å². The third-order valence-corrected chi connectivity index (χ3v) is 5.94. The van der Waals surface area contributed by atoms with E-state index in [4.69, 9.17) is 17.2 Å². The molecule has 5 atom stereocenters. The molecule has 12 N–H and O–H groups in total. The maximum atomic E-state index is 13.1. The van der Waals surface area contributed by atoms with Crippen molar-refractivity contribution in [1.29, 1.82) is 0 Å². The minimum absolute atomic E-state index is 0.00400. The monoisotopic (exact) mass is 538 g/mol. The zero-order valence-electron chi connectivity index (χ0n) is 21.8. The smallest absolute Gasteiger partial charge is 0.326 e. The number of carboxylic acid groups (broad SMARTS) is 1. The van der Waals surface area contributed by atoms with Gasteiger partial charge in [0.25, 0.3) is 0 Å². The number of hydrogen-bond acceptors (Lipinski definition) is 9. The van der Waals surface area contributed by atoms with Crippen LogP contribution in [0.3, 0.4) is 0 Å². The van der Waals surface area contributed by atoms with Gasteiger partial charge in [0.15, 0.2) is 0 Å². The van der Waals surface area contributed by atoms with Crippen LogP contribution in [0.15, 0.2) is 24.3 Å². The number of benzene rings is 1. The fraction of sp³-hybridized carbons (Fsp3) is 0.600. The minimum atomic E-state index is -1.42. The molecule has 5 unspecified atom stereocenters. The topological polar surface area (TPSA) is 243 Å². The maximum absolute atomic E-state index is 13.1. The van der Waals surface area contributed by atoms with E-state index in [9.17, 15) is 34.5 Å². The lowest BCUT2D eigenvalue weighted by atomic mass is 10.0. The average Bonchev–Trinajstić information content (AvgIpc) is 2.86. The number of carbonyl (C=O) groups excluding carboxylic acids is 3. The SMILES string of the molecule is CC(O)C(NC(=O)C(N)CCCCN)C(=O)NC(Cc1ccc(O)cc1)C(=O)NC(CCCCN)C(=O)O. The number of aromatic hydroxyl groups is 1. The summed E-state index contributed by atoms with van der Waals surface area (Å²) in [7, 11) is 0. The first-order valence-corrected chi connectivity index (χ1v) is 12.8. The number of phenols is 1. The highest BCUT2D eigenvalue weighted by molar-refractivity contribution is 5.94. The first-order valence-electron chi connectivity index (χ1n) is 12.8. The molecule has 1 rings (SSSR count). The lowest BCUT2D eigenvalue weighted by Gasteiger charge is -2.26. The first-order chi connectivity index (χ1) is 18.0. The molecule has 1 aromatic rings. The largest absolute Gasteiger partial charge is 0.508 e. The van der Waals surface area contributed by atoms with Gasteiger partial charge in [-0.15, -0.1) is 0 Å². The number of amides is 3. The fourth-order valence-corrected chi connectivity index (χ4v) is 3.67. The summed E-state index contributed by atoms with van der Waals surface area (Å²) < 4.78 is 0. The molecule has 0 aromatic heterocycles. The van der Waals surface area contributed by atoms with Gasteiger partial charge in [-0.05, 0) is 69.8 Å². The van der Waals surface area contributed by atoms with Crippen molar-refractivity contribution in [1.82, 2.24) is 16.0 Å². The highest BCUT2D eigenvalue weighted by Crippen LogP contribution is 2.12. The minimum Gasteiger partial charge on any atom is -0.508 e. The Hall–Kier alpha value is -3.26. The second-order valence-electron chi connectivity index (χ2n) is 9.23. The Bertz CT molecular complexity index is 897. The van der Waals surface area contributed by atoms with Crippen LogP contribution in [0.4, 0.5) is 0 Å². The van der Waals surface area contributed by atoms with Gasteiger partial charge in [0, 0.05) is 6.42 Å².